The number of aryl methyl sites for hydroxylation is 2. The van der Waals surface area contributed by atoms with Crippen LogP contribution in [-0.4, -0.2) is 31.2 Å². The molecule has 1 aliphatic carbocycles. The van der Waals surface area contributed by atoms with Gasteiger partial charge in [0.25, 0.3) is 5.91 Å². The second-order valence-electron chi connectivity index (χ2n) is 7.11. The maximum Gasteiger partial charge on any atom is 0.311 e. The molecule has 0 saturated carbocycles. The zero-order chi connectivity index (χ0) is 19.5. The first-order valence-corrected chi connectivity index (χ1v) is 9.59. The average molecular weight is 381 g/mol. The Labute approximate surface area is 163 Å². The summed E-state index contributed by atoms with van der Waals surface area (Å²) in [6.07, 6.45) is 2.47. The summed E-state index contributed by atoms with van der Waals surface area (Å²) in [6.45, 7) is 2.58. The van der Waals surface area contributed by atoms with Crippen molar-refractivity contribution in [1.29, 1.82) is 0 Å². The highest BCUT2D eigenvalue weighted by Gasteiger charge is 2.20. The fourth-order valence-corrected chi connectivity index (χ4v) is 3.55. The van der Waals surface area contributed by atoms with Gasteiger partial charge in [-0.25, -0.2) is 0 Å². The van der Waals surface area contributed by atoms with E-state index in [2.05, 4.69) is 11.4 Å². The van der Waals surface area contributed by atoms with Gasteiger partial charge in [-0.15, -0.1) is 0 Å². The summed E-state index contributed by atoms with van der Waals surface area (Å²) < 4.78 is 16.3. The van der Waals surface area contributed by atoms with Gasteiger partial charge in [0, 0.05) is 5.69 Å². The van der Waals surface area contributed by atoms with Crippen molar-refractivity contribution < 1.29 is 23.8 Å². The Bertz CT molecular complexity index is 908. The van der Waals surface area contributed by atoms with Gasteiger partial charge in [0.2, 0.25) is 0 Å². The number of hydrogen-bond donors (Lipinski definition) is 1. The molecular formula is C22H23NO5. The number of ether oxygens (including phenoxy) is 3. The van der Waals surface area contributed by atoms with E-state index in [0.29, 0.717) is 24.7 Å². The van der Waals surface area contributed by atoms with Crippen LogP contribution in [0.25, 0.3) is 0 Å². The molecule has 146 valence electrons. The van der Waals surface area contributed by atoms with Crippen molar-refractivity contribution in [1.82, 2.24) is 0 Å². The van der Waals surface area contributed by atoms with E-state index in [1.807, 2.05) is 12.1 Å². The van der Waals surface area contributed by atoms with E-state index in [1.54, 1.807) is 25.1 Å². The molecule has 2 aromatic rings. The van der Waals surface area contributed by atoms with Crippen LogP contribution < -0.4 is 14.8 Å². The first kappa shape index (κ1) is 18.3. The van der Waals surface area contributed by atoms with E-state index in [0.717, 1.165) is 30.5 Å². The lowest BCUT2D eigenvalue weighted by Crippen LogP contribution is -2.30. The molecule has 0 aromatic heterocycles. The molecule has 0 fully saturated rings. The predicted octanol–water partition coefficient (Wildman–Crippen LogP) is 3.06. The molecule has 28 heavy (non-hydrogen) atoms. The quantitative estimate of drug-likeness (QED) is 0.806. The highest BCUT2D eigenvalue weighted by molar-refractivity contribution is 5.95. The SMILES string of the molecule is C[C@H](OC(=O)Cc1ccc2c(c1)OCCO2)C(=O)Nc1ccc2c(c1)CCC2. The molecule has 6 heteroatoms. The monoisotopic (exact) mass is 381 g/mol. The van der Waals surface area contributed by atoms with E-state index in [1.165, 1.54) is 11.1 Å². The average Bonchev–Trinajstić information content (AvgIpc) is 3.15. The fraction of sp³-hybridized carbons (Fsp3) is 0.364. The molecule has 0 bridgehead atoms. The summed E-state index contributed by atoms with van der Waals surface area (Å²) in [5.74, 6) is 0.492. The second kappa shape index (κ2) is 7.92. The minimum atomic E-state index is -0.877. The van der Waals surface area contributed by atoms with Gasteiger partial charge < -0.3 is 19.5 Å². The maximum atomic E-state index is 12.4. The number of nitrogens with one attached hydrogen (secondary N) is 1. The Morgan fingerprint density at radius 1 is 1.04 bits per heavy atom. The minimum Gasteiger partial charge on any atom is -0.486 e. The number of benzene rings is 2. The molecule has 0 unspecified atom stereocenters. The highest BCUT2D eigenvalue weighted by atomic mass is 16.6. The summed E-state index contributed by atoms with van der Waals surface area (Å²) in [7, 11) is 0. The molecule has 6 nitrogen and oxygen atoms in total. The molecule has 2 aliphatic rings. The molecule has 2 aromatic carbocycles. The van der Waals surface area contributed by atoms with Crippen LogP contribution in [0.2, 0.25) is 0 Å². The summed E-state index contributed by atoms with van der Waals surface area (Å²) in [4.78, 5) is 24.6. The van der Waals surface area contributed by atoms with Crippen LogP contribution in [0.3, 0.4) is 0 Å². The minimum absolute atomic E-state index is 0.0626. The van der Waals surface area contributed by atoms with E-state index >= 15 is 0 Å². The summed E-state index contributed by atoms with van der Waals surface area (Å²) in [6, 6.07) is 11.3. The molecule has 1 aliphatic heterocycles. The lowest BCUT2D eigenvalue weighted by atomic mass is 10.1. The van der Waals surface area contributed by atoms with Crippen molar-refractivity contribution in [3.8, 4) is 11.5 Å². The first-order valence-electron chi connectivity index (χ1n) is 9.59. The molecule has 1 atom stereocenters. The van der Waals surface area contributed by atoms with Gasteiger partial charge in [-0.2, -0.15) is 0 Å². The molecule has 1 amide bonds. The molecule has 1 heterocycles. The van der Waals surface area contributed by atoms with Gasteiger partial charge in [-0.3, -0.25) is 9.59 Å². The zero-order valence-corrected chi connectivity index (χ0v) is 15.8. The largest absolute Gasteiger partial charge is 0.486 e. The second-order valence-corrected chi connectivity index (χ2v) is 7.11. The third-order valence-corrected chi connectivity index (χ3v) is 5.00. The Hall–Kier alpha value is -3.02. The van der Waals surface area contributed by atoms with Crippen molar-refractivity contribution >= 4 is 17.6 Å². The number of amides is 1. The smallest absolute Gasteiger partial charge is 0.311 e. The molecular weight excluding hydrogens is 358 g/mol. The lowest BCUT2D eigenvalue weighted by Gasteiger charge is -2.19. The van der Waals surface area contributed by atoms with Crippen LogP contribution in [0.4, 0.5) is 5.69 Å². The van der Waals surface area contributed by atoms with Crippen LogP contribution in [0.15, 0.2) is 36.4 Å². The summed E-state index contributed by atoms with van der Waals surface area (Å²) in [5, 5.41) is 2.83. The highest BCUT2D eigenvalue weighted by Crippen LogP contribution is 2.31. The first-order chi connectivity index (χ1) is 13.6. The number of carbonyl (C=O) groups excluding carboxylic acids is 2. The van der Waals surface area contributed by atoms with E-state index < -0.39 is 12.1 Å². The van der Waals surface area contributed by atoms with Crippen LogP contribution in [0.5, 0.6) is 11.5 Å². The van der Waals surface area contributed by atoms with Crippen molar-refractivity contribution in [2.75, 3.05) is 18.5 Å². The van der Waals surface area contributed by atoms with Crippen molar-refractivity contribution in [2.24, 2.45) is 0 Å². The van der Waals surface area contributed by atoms with Crippen LogP contribution in [0, 0.1) is 0 Å². The summed E-state index contributed by atoms with van der Waals surface area (Å²) >= 11 is 0. The number of esters is 1. The normalized spacial score (nSPS) is 15.5. The number of rotatable bonds is 5. The van der Waals surface area contributed by atoms with Crippen LogP contribution >= 0.6 is 0 Å². The van der Waals surface area contributed by atoms with E-state index in [-0.39, 0.29) is 12.3 Å². The Balaban J connectivity index is 1.32. The Morgan fingerprint density at radius 3 is 2.68 bits per heavy atom. The standard InChI is InChI=1S/C22H23NO5/c1-14(22(25)23-18-7-6-16-3-2-4-17(16)13-18)28-21(24)12-15-5-8-19-20(11-15)27-10-9-26-19/h5-8,11,13-14H,2-4,9-10,12H2,1H3,(H,23,25)/t14-/m0/s1. The number of hydrogen-bond acceptors (Lipinski definition) is 5. The topological polar surface area (TPSA) is 73.9 Å². The molecule has 4 rings (SSSR count). The lowest BCUT2D eigenvalue weighted by molar-refractivity contribution is -0.152. The number of fused-ring (bicyclic) bond motifs is 2. The van der Waals surface area contributed by atoms with Gasteiger partial charge in [0.15, 0.2) is 17.6 Å². The van der Waals surface area contributed by atoms with Crippen molar-refractivity contribution in [2.45, 2.75) is 38.7 Å². The fourth-order valence-electron chi connectivity index (χ4n) is 3.55. The van der Waals surface area contributed by atoms with E-state index in [9.17, 15) is 9.59 Å². The zero-order valence-electron chi connectivity index (χ0n) is 15.8. The van der Waals surface area contributed by atoms with Crippen LogP contribution in [-0.2, 0) is 33.6 Å². The predicted molar refractivity (Wildman–Crippen MR) is 104 cm³/mol. The maximum absolute atomic E-state index is 12.4. The third kappa shape index (κ3) is 4.11. The Morgan fingerprint density at radius 2 is 1.82 bits per heavy atom. The van der Waals surface area contributed by atoms with Gasteiger partial charge in [-0.1, -0.05) is 12.1 Å². The van der Waals surface area contributed by atoms with Crippen LogP contribution in [0.1, 0.15) is 30.0 Å². The molecule has 0 spiro atoms. The molecule has 0 radical (unpaired) electrons. The molecule has 1 N–H and O–H groups in total. The van der Waals surface area contributed by atoms with Gasteiger partial charge in [-0.05, 0) is 67.1 Å². The number of anilines is 1. The van der Waals surface area contributed by atoms with Gasteiger partial charge in [0.05, 0.1) is 6.42 Å². The van der Waals surface area contributed by atoms with Crippen molar-refractivity contribution in [3.05, 3.63) is 53.1 Å². The van der Waals surface area contributed by atoms with Gasteiger partial charge in [0.1, 0.15) is 13.2 Å². The third-order valence-electron chi connectivity index (χ3n) is 5.00. The number of carbonyl (C=O) groups is 2. The Kier molecular flexibility index (Phi) is 5.19. The van der Waals surface area contributed by atoms with Crippen molar-refractivity contribution in [3.63, 3.8) is 0 Å². The molecule has 0 saturated heterocycles. The summed E-state index contributed by atoms with van der Waals surface area (Å²) in [5.41, 5.74) is 4.11. The van der Waals surface area contributed by atoms with E-state index in [4.69, 9.17) is 14.2 Å². The van der Waals surface area contributed by atoms with Gasteiger partial charge >= 0.3 is 5.97 Å².